The molecule has 0 bridgehead atoms. The van der Waals surface area contributed by atoms with E-state index in [4.69, 9.17) is 11.6 Å². The smallest absolute Gasteiger partial charge is 0.193 e. The molecule has 0 saturated carbocycles. The molecule has 3 heteroatoms. The van der Waals surface area contributed by atoms with Gasteiger partial charge >= 0.3 is 0 Å². The van der Waals surface area contributed by atoms with Gasteiger partial charge in [-0.2, -0.15) is 0 Å². The summed E-state index contributed by atoms with van der Waals surface area (Å²) in [6, 6.07) is 11.6. The van der Waals surface area contributed by atoms with Gasteiger partial charge < -0.3 is 0 Å². The van der Waals surface area contributed by atoms with Crippen molar-refractivity contribution in [3.63, 3.8) is 0 Å². The molecular weight excluding hydrogens is 383 g/mol. The van der Waals surface area contributed by atoms with Crippen LogP contribution < -0.4 is 0 Å². The second kappa shape index (κ2) is 6.72. The molecule has 2 rings (SSSR count). The molecule has 0 atom stereocenters. The van der Waals surface area contributed by atoms with Crippen LogP contribution in [0.3, 0.4) is 0 Å². The van der Waals surface area contributed by atoms with Crippen molar-refractivity contribution in [2.45, 2.75) is 26.7 Å². The summed E-state index contributed by atoms with van der Waals surface area (Å²) in [6.45, 7) is 4.16. The minimum absolute atomic E-state index is 0.0513. The predicted molar refractivity (Wildman–Crippen MR) is 92.8 cm³/mol. The van der Waals surface area contributed by atoms with E-state index in [1.54, 1.807) is 6.07 Å². The molecule has 104 valence electrons. The summed E-state index contributed by atoms with van der Waals surface area (Å²) in [7, 11) is 0. The van der Waals surface area contributed by atoms with Crippen LogP contribution in [0, 0.1) is 3.57 Å². The molecular formula is C17H16ClIO. The lowest BCUT2D eigenvalue weighted by atomic mass is 9.94. The number of carbonyl (C=O) groups is 1. The topological polar surface area (TPSA) is 17.1 Å². The second-order valence-electron chi connectivity index (χ2n) is 4.66. The third kappa shape index (κ3) is 3.23. The van der Waals surface area contributed by atoms with Gasteiger partial charge in [0.1, 0.15) is 0 Å². The Bertz CT molecular complexity index is 649. The van der Waals surface area contributed by atoms with E-state index in [-0.39, 0.29) is 5.78 Å². The van der Waals surface area contributed by atoms with E-state index in [0.717, 1.165) is 27.5 Å². The molecule has 0 heterocycles. The van der Waals surface area contributed by atoms with Gasteiger partial charge in [0.2, 0.25) is 0 Å². The van der Waals surface area contributed by atoms with E-state index in [1.807, 2.05) is 18.2 Å². The molecule has 2 aromatic rings. The van der Waals surface area contributed by atoms with Gasteiger partial charge in [0.25, 0.3) is 0 Å². The Morgan fingerprint density at radius 1 is 1.10 bits per heavy atom. The molecule has 2 aromatic carbocycles. The van der Waals surface area contributed by atoms with Gasteiger partial charge in [-0.15, -0.1) is 0 Å². The number of rotatable bonds is 4. The van der Waals surface area contributed by atoms with E-state index in [2.05, 4.69) is 48.6 Å². The maximum absolute atomic E-state index is 12.7. The van der Waals surface area contributed by atoms with Crippen molar-refractivity contribution in [2.24, 2.45) is 0 Å². The van der Waals surface area contributed by atoms with Crippen molar-refractivity contribution in [1.82, 2.24) is 0 Å². The van der Waals surface area contributed by atoms with Gasteiger partial charge in [-0.1, -0.05) is 37.6 Å². The summed E-state index contributed by atoms with van der Waals surface area (Å²) in [6.07, 6.45) is 1.78. The highest BCUT2D eigenvalue weighted by Gasteiger charge is 2.14. The standard InChI is InChI=1S/C17H16ClIO/c1-3-11-5-6-12(4-2)14(9-11)17(20)13-7-8-16(19)15(18)10-13/h5-10H,3-4H2,1-2H3. The fourth-order valence-electron chi connectivity index (χ4n) is 2.16. The number of ketones is 1. The SMILES string of the molecule is CCc1ccc(CC)c(C(=O)c2ccc(I)c(Cl)c2)c1. The van der Waals surface area contributed by atoms with Gasteiger partial charge in [0.15, 0.2) is 5.78 Å². The molecule has 20 heavy (non-hydrogen) atoms. The zero-order valence-electron chi connectivity index (χ0n) is 11.5. The molecule has 0 aliphatic carbocycles. The molecule has 0 unspecified atom stereocenters. The average molecular weight is 399 g/mol. The van der Waals surface area contributed by atoms with Gasteiger partial charge in [-0.05, 0) is 70.8 Å². The molecule has 0 fully saturated rings. The Morgan fingerprint density at radius 2 is 1.85 bits per heavy atom. The first-order chi connectivity index (χ1) is 9.56. The number of aryl methyl sites for hydroxylation is 2. The Hall–Kier alpha value is -0.870. The highest BCUT2D eigenvalue weighted by atomic mass is 127. The molecule has 1 nitrogen and oxygen atoms in total. The molecule has 0 amide bonds. The summed E-state index contributed by atoms with van der Waals surface area (Å²) in [5.41, 5.74) is 3.71. The van der Waals surface area contributed by atoms with Crippen molar-refractivity contribution >= 4 is 40.0 Å². The quantitative estimate of drug-likeness (QED) is 0.504. The van der Waals surface area contributed by atoms with E-state index >= 15 is 0 Å². The van der Waals surface area contributed by atoms with Crippen molar-refractivity contribution < 1.29 is 4.79 Å². The highest BCUT2D eigenvalue weighted by Crippen LogP contribution is 2.23. The normalized spacial score (nSPS) is 10.6. The molecule has 0 radical (unpaired) electrons. The highest BCUT2D eigenvalue weighted by molar-refractivity contribution is 14.1. The number of benzene rings is 2. The van der Waals surface area contributed by atoms with Gasteiger partial charge in [0.05, 0.1) is 5.02 Å². The molecule has 0 aromatic heterocycles. The van der Waals surface area contributed by atoms with Crippen molar-refractivity contribution in [3.8, 4) is 0 Å². The molecule has 0 spiro atoms. The predicted octanol–water partition coefficient (Wildman–Crippen LogP) is 5.30. The number of carbonyl (C=O) groups excluding carboxylic acids is 1. The van der Waals surface area contributed by atoms with E-state index < -0.39 is 0 Å². The van der Waals surface area contributed by atoms with E-state index in [0.29, 0.717) is 10.6 Å². The minimum Gasteiger partial charge on any atom is -0.289 e. The Balaban J connectivity index is 2.48. The maximum atomic E-state index is 12.7. The summed E-state index contributed by atoms with van der Waals surface area (Å²) in [5.74, 6) is 0.0513. The molecule has 0 aliphatic heterocycles. The monoisotopic (exact) mass is 398 g/mol. The van der Waals surface area contributed by atoms with Gasteiger partial charge in [0, 0.05) is 14.7 Å². The van der Waals surface area contributed by atoms with E-state index in [1.165, 1.54) is 5.56 Å². The summed E-state index contributed by atoms with van der Waals surface area (Å²) < 4.78 is 0.957. The van der Waals surface area contributed by atoms with Crippen molar-refractivity contribution in [3.05, 3.63) is 67.2 Å². The van der Waals surface area contributed by atoms with Crippen molar-refractivity contribution in [2.75, 3.05) is 0 Å². The Labute approximate surface area is 138 Å². The lowest BCUT2D eigenvalue weighted by Gasteiger charge is -2.10. The third-order valence-electron chi connectivity index (χ3n) is 3.39. The van der Waals surface area contributed by atoms with Crippen LogP contribution in [0.15, 0.2) is 36.4 Å². The molecule has 0 N–H and O–H groups in total. The fourth-order valence-corrected chi connectivity index (χ4v) is 2.67. The zero-order valence-corrected chi connectivity index (χ0v) is 14.5. The molecule has 0 aliphatic rings. The van der Waals surface area contributed by atoms with Crippen LogP contribution >= 0.6 is 34.2 Å². The lowest BCUT2D eigenvalue weighted by Crippen LogP contribution is -2.06. The third-order valence-corrected chi connectivity index (χ3v) is 4.96. The number of halogens is 2. The maximum Gasteiger partial charge on any atom is 0.193 e. The molecule has 0 saturated heterocycles. The Kier molecular flexibility index (Phi) is 5.22. The van der Waals surface area contributed by atoms with Crippen LogP contribution in [0.25, 0.3) is 0 Å². The van der Waals surface area contributed by atoms with Crippen LogP contribution in [0.1, 0.15) is 40.9 Å². The number of hydrogen-bond donors (Lipinski definition) is 0. The summed E-state index contributed by atoms with van der Waals surface area (Å²) in [5, 5.41) is 0.626. The van der Waals surface area contributed by atoms with Crippen LogP contribution in [0.4, 0.5) is 0 Å². The largest absolute Gasteiger partial charge is 0.289 e. The van der Waals surface area contributed by atoms with Crippen LogP contribution in [0.5, 0.6) is 0 Å². The van der Waals surface area contributed by atoms with Crippen LogP contribution in [-0.2, 0) is 12.8 Å². The first-order valence-electron chi connectivity index (χ1n) is 6.68. The number of hydrogen-bond acceptors (Lipinski definition) is 1. The zero-order chi connectivity index (χ0) is 14.7. The second-order valence-corrected chi connectivity index (χ2v) is 6.23. The Morgan fingerprint density at radius 3 is 2.45 bits per heavy atom. The lowest BCUT2D eigenvalue weighted by molar-refractivity contribution is 0.103. The first kappa shape index (κ1) is 15.5. The van der Waals surface area contributed by atoms with Crippen LogP contribution in [0.2, 0.25) is 5.02 Å². The average Bonchev–Trinajstić information content (AvgIpc) is 2.48. The van der Waals surface area contributed by atoms with Crippen molar-refractivity contribution in [1.29, 1.82) is 0 Å². The van der Waals surface area contributed by atoms with Gasteiger partial charge in [-0.25, -0.2) is 0 Å². The van der Waals surface area contributed by atoms with Crippen LogP contribution in [-0.4, -0.2) is 5.78 Å². The van der Waals surface area contributed by atoms with Gasteiger partial charge in [-0.3, -0.25) is 4.79 Å². The summed E-state index contributed by atoms with van der Waals surface area (Å²) >= 11 is 8.28. The fraction of sp³-hybridized carbons (Fsp3) is 0.235. The van der Waals surface area contributed by atoms with E-state index in [9.17, 15) is 4.79 Å². The summed E-state index contributed by atoms with van der Waals surface area (Å²) in [4.78, 5) is 12.7. The minimum atomic E-state index is 0.0513. The first-order valence-corrected chi connectivity index (χ1v) is 8.14.